The van der Waals surface area contributed by atoms with Gasteiger partial charge in [0, 0.05) is 12.1 Å². The van der Waals surface area contributed by atoms with Crippen LogP contribution in [0.4, 0.5) is 0 Å². The molecule has 0 saturated heterocycles. The van der Waals surface area contributed by atoms with Crippen molar-refractivity contribution in [2.45, 2.75) is 78.3 Å². The molecule has 0 radical (unpaired) electrons. The van der Waals surface area contributed by atoms with Gasteiger partial charge in [0.1, 0.15) is 0 Å². The van der Waals surface area contributed by atoms with Gasteiger partial charge >= 0.3 is 0 Å². The van der Waals surface area contributed by atoms with Gasteiger partial charge in [0.25, 0.3) is 0 Å². The number of rotatable bonds is 8. The topological polar surface area (TPSA) is 6.48 Å². The van der Waals surface area contributed by atoms with E-state index in [-0.39, 0.29) is 0 Å². The quantitative estimate of drug-likeness (QED) is 0.656. The molecule has 2 heteroatoms. The minimum atomic E-state index is 0.777. The van der Waals surface area contributed by atoms with Crippen molar-refractivity contribution in [3.63, 3.8) is 0 Å². The molecule has 0 spiro atoms. The summed E-state index contributed by atoms with van der Waals surface area (Å²) in [7, 11) is 4.70. The van der Waals surface area contributed by atoms with E-state index in [9.17, 15) is 0 Å². The van der Waals surface area contributed by atoms with Crippen molar-refractivity contribution in [2.24, 2.45) is 11.8 Å². The highest BCUT2D eigenvalue weighted by Gasteiger charge is 2.30. The summed E-state index contributed by atoms with van der Waals surface area (Å²) in [5, 5.41) is 0. The van der Waals surface area contributed by atoms with E-state index in [1.807, 2.05) is 0 Å². The van der Waals surface area contributed by atoms with Gasteiger partial charge in [0.15, 0.2) is 0 Å². The fourth-order valence-electron chi connectivity index (χ4n) is 3.38. The molecule has 0 bridgehead atoms. The van der Waals surface area contributed by atoms with E-state index in [2.05, 4.69) is 51.6 Å². The SMILES string of the molecule is CC(C)CCN(C)C1CCCC[C@H]1N(C)CCC(C)C. The van der Waals surface area contributed by atoms with Crippen molar-refractivity contribution in [1.29, 1.82) is 0 Å². The monoisotopic (exact) mass is 282 g/mol. The molecule has 1 saturated carbocycles. The third-order valence-corrected chi connectivity index (χ3v) is 4.94. The Bertz CT molecular complexity index is 224. The van der Waals surface area contributed by atoms with Crippen molar-refractivity contribution in [1.82, 2.24) is 9.80 Å². The van der Waals surface area contributed by atoms with Gasteiger partial charge in [-0.2, -0.15) is 0 Å². The highest BCUT2D eigenvalue weighted by Crippen LogP contribution is 2.26. The average Bonchev–Trinajstić information content (AvgIpc) is 2.42. The molecular weight excluding hydrogens is 244 g/mol. The van der Waals surface area contributed by atoms with Gasteiger partial charge in [0.05, 0.1) is 0 Å². The molecule has 1 fully saturated rings. The maximum Gasteiger partial charge on any atom is 0.0248 e. The van der Waals surface area contributed by atoms with Crippen LogP contribution in [-0.4, -0.2) is 49.1 Å². The highest BCUT2D eigenvalue weighted by atomic mass is 15.2. The Hall–Kier alpha value is -0.0800. The zero-order valence-electron chi connectivity index (χ0n) is 14.9. The zero-order valence-corrected chi connectivity index (χ0v) is 14.9. The van der Waals surface area contributed by atoms with Crippen molar-refractivity contribution < 1.29 is 0 Å². The smallest absolute Gasteiger partial charge is 0.0248 e. The Kier molecular flexibility index (Phi) is 8.13. The fourth-order valence-corrected chi connectivity index (χ4v) is 3.38. The van der Waals surface area contributed by atoms with Gasteiger partial charge in [-0.3, -0.25) is 0 Å². The van der Waals surface area contributed by atoms with Gasteiger partial charge in [-0.25, -0.2) is 0 Å². The molecule has 120 valence electrons. The molecule has 1 rings (SSSR count). The van der Waals surface area contributed by atoms with Crippen LogP contribution < -0.4 is 0 Å². The second kappa shape index (κ2) is 9.04. The molecule has 0 aromatic heterocycles. The van der Waals surface area contributed by atoms with E-state index >= 15 is 0 Å². The molecule has 1 aliphatic carbocycles. The van der Waals surface area contributed by atoms with Crippen LogP contribution in [0.25, 0.3) is 0 Å². The van der Waals surface area contributed by atoms with Crippen molar-refractivity contribution >= 4 is 0 Å². The van der Waals surface area contributed by atoms with Gasteiger partial charge < -0.3 is 9.80 Å². The second-order valence-electron chi connectivity index (χ2n) is 7.75. The standard InChI is InChI=1S/C18H38N2/c1-15(2)11-13-19(5)17-9-7-8-10-18(17)20(6)14-12-16(3)4/h15-18H,7-14H2,1-6H3/t17-,18?/m1/s1. The summed E-state index contributed by atoms with van der Waals surface area (Å²) in [5.41, 5.74) is 0. The van der Waals surface area contributed by atoms with Gasteiger partial charge in [-0.05, 0) is 64.7 Å². The van der Waals surface area contributed by atoms with Crippen LogP contribution in [0.3, 0.4) is 0 Å². The number of hydrogen-bond donors (Lipinski definition) is 0. The van der Waals surface area contributed by atoms with Crippen LogP contribution in [0.2, 0.25) is 0 Å². The first-order valence-electron chi connectivity index (χ1n) is 8.82. The van der Waals surface area contributed by atoms with Crippen molar-refractivity contribution in [3.05, 3.63) is 0 Å². The largest absolute Gasteiger partial charge is 0.302 e. The summed E-state index contributed by atoms with van der Waals surface area (Å²) in [4.78, 5) is 5.30. The summed E-state index contributed by atoms with van der Waals surface area (Å²) < 4.78 is 0. The molecule has 1 unspecified atom stereocenters. The molecule has 1 aliphatic rings. The van der Waals surface area contributed by atoms with Crippen LogP contribution in [0.5, 0.6) is 0 Å². The summed E-state index contributed by atoms with van der Waals surface area (Å²) >= 11 is 0. The van der Waals surface area contributed by atoms with Gasteiger partial charge in [-0.1, -0.05) is 40.5 Å². The average molecular weight is 283 g/mol. The fraction of sp³-hybridized carbons (Fsp3) is 1.00. The second-order valence-corrected chi connectivity index (χ2v) is 7.75. The van der Waals surface area contributed by atoms with Crippen LogP contribution >= 0.6 is 0 Å². The predicted molar refractivity (Wildman–Crippen MR) is 90.2 cm³/mol. The number of nitrogens with zero attached hydrogens (tertiary/aromatic N) is 2. The van der Waals surface area contributed by atoms with Crippen molar-refractivity contribution in [3.8, 4) is 0 Å². The molecule has 0 N–H and O–H groups in total. The Morgan fingerprint density at radius 2 is 1.10 bits per heavy atom. The first kappa shape index (κ1) is 18.0. The van der Waals surface area contributed by atoms with Gasteiger partial charge in [-0.15, -0.1) is 0 Å². The molecule has 0 aromatic carbocycles. The zero-order chi connectivity index (χ0) is 15.1. The first-order valence-corrected chi connectivity index (χ1v) is 8.82. The van der Waals surface area contributed by atoms with Crippen LogP contribution in [0, 0.1) is 11.8 Å². The summed E-state index contributed by atoms with van der Waals surface area (Å²) in [6, 6.07) is 1.55. The minimum Gasteiger partial charge on any atom is -0.302 e. The maximum atomic E-state index is 2.65. The molecule has 2 atom stereocenters. The van der Waals surface area contributed by atoms with Crippen LogP contribution in [0.1, 0.15) is 66.2 Å². The van der Waals surface area contributed by atoms with E-state index in [1.165, 1.54) is 51.6 Å². The molecule has 0 heterocycles. The van der Waals surface area contributed by atoms with Crippen LogP contribution in [-0.2, 0) is 0 Å². The Morgan fingerprint density at radius 3 is 1.40 bits per heavy atom. The first-order chi connectivity index (χ1) is 9.41. The lowest BCUT2D eigenvalue weighted by atomic mass is 9.88. The van der Waals surface area contributed by atoms with Gasteiger partial charge in [0.2, 0.25) is 0 Å². The van der Waals surface area contributed by atoms with E-state index in [4.69, 9.17) is 0 Å². The van der Waals surface area contributed by atoms with E-state index in [0.717, 1.165) is 23.9 Å². The third kappa shape index (κ3) is 6.13. The lowest BCUT2D eigenvalue weighted by Gasteiger charge is -2.43. The predicted octanol–water partition coefficient (Wildman–Crippen LogP) is 4.25. The molecule has 0 aliphatic heterocycles. The minimum absolute atomic E-state index is 0.777. The third-order valence-electron chi connectivity index (χ3n) is 4.94. The Morgan fingerprint density at radius 1 is 0.750 bits per heavy atom. The Labute approximate surface area is 127 Å². The molecular formula is C18H38N2. The van der Waals surface area contributed by atoms with E-state index in [1.54, 1.807) is 0 Å². The number of likely N-dealkylation sites (N-methyl/N-ethyl adjacent to an activating group) is 2. The number of hydrogen-bond acceptors (Lipinski definition) is 2. The maximum absolute atomic E-state index is 2.65. The summed E-state index contributed by atoms with van der Waals surface area (Å²) in [5.74, 6) is 1.64. The molecule has 0 amide bonds. The lowest BCUT2D eigenvalue weighted by molar-refractivity contribution is 0.0725. The summed E-state index contributed by atoms with van der Waals surface area (Å²) in [6.45, 7) is 11.9. The molecule has 20 heavy (non-hydrogen) atoms. The Balaban J connectivity index is 2.51. The highest BCUT2D eigenvalue weighted by molar-refractivity contribution is 4.88. The van der Waals surface area contributed by atoms with Crippen molar-refractivity contribution in [2.75, 3.05) is 27.2 Å². The van der Waals surface area contributed by atoms with E-state index in [0.29, 0.717) is 0 Å². The normalized spacial score (nSPS) is 24.3. The molecule has 0 aromatic rings. The van der Waals surface area contributed by atoms with Crippen LogP contribution in [0.15, 0.2) is 0 Å². The van der Waals surface area contributed by atoms with E-state index < -0.39 is 0 Å². The molecule has 2 nitrogen and oxygen atoms in total. The summed E-state index contributed by atoms with van der Waals surface area (Å²) in [6.07, 6.45) is 8.29. The lowest BCUT2D eigenvalue weighted by Crippen LogP contribution is -2.51.